The Morgan fingerprint density at radius 1 is 1.10 bits per heavy atom. The van der Waals surface area contributed by atoms with Crippen molar-refractivity contribution in [2.24, 2.45) is 7.05 Å². The Bertz CT molecular complexity index is 1050. The molecule has 0 radical (unpaired) electrons. The van der Waals surface area contributed by atoms with E-state index in [-0.39, 0.29) is 12.5 Å². The predicted octanol–water partition coefficient (Wildman–Crippen LogP) is 2.53. The number of aromatic nitrogens is 2. The molecule has 1 saturated heterocycles. The first-order valence-corrected chi connectivity index (χ1v) is 10.8. The van der Waals surface area contributed by atoms with Gasteiger partial charge in [-0.1, -0.05) is 24.3 Å². The molecule has 31 heavy (non-hydrogen) atoms. The first kappa shape index (κ1) is 21.3. The standard InChI is InChI=1S/C24H30N4O3/c1-18(29)28-12-5-11-27(14-15-28)16-19(30)17-31-24-9-8-21(23-10-13-26(2)25-23)20-6-3-4-7-22(20)24/h3-4,6-10,13,19,30H,5,11-12,14-17H2,1-2H3. The Hall–Kier alpha value is -2.90. The van der Waals surface area contributed by atoms with Gasteiger partial charge < -0.3 is 14.7 Å². The van der Waals surface area contributed by atoms with Crippen molar-refractivity contribution in [2.45, 2.75) is 19.4 Å². The number of rotatable bonds is 6. The van der Waals surface area contributed by atoms with Gasteiger partial charge in [-0.25, -0.2) is 0 Å². The first-order valence-electron chi connectivity index (χ1n) is 10.8. The highest BCUT2D eigenvalue weighted by molar-refractivity contribution is 5.99. The second kappa shape index (κ2) is 9.49. The molecule has 7 nitrogen and oxygen atoms in total. The summed E-state index contributed by atoms with van der Waals surface area (Å²) < 4.78 is 7.84. The summed E-state index contributed by atoms with van der Waals surface area (Å²) in [6.45, 7) is 5.52. The molecule has 0 spiro atoms. The smallest absolute Gasteiger partial charge is 0.219 e. The number of hydrogen-bond acceptors (Lipinski definition) is 5. The zero-order chi connectivity index (χ0) is 21.8. The normalized spacial score (nSPS) is 16.3. The lowest BCUT2D eigenvalue weighted by atomic mass is 10.0. The van der Waals surface area contributed by atoms with Crippen LogP contribution in [0.3, 0.4) is 0 Å². The van der Waals surface area contributed by atoms with E-state index in [1.165, 1.54) is 0 Å². The number of ether oxygens (including phenoxy) is 1. The highest BCUT2D eigenvalue weighted by Gasteiger charge is 2.19. The molecule has 1 fully saturated rings. The molecule has 1 aliphatic rings. The van der Waals surface area contributed by atoms with E-state index in [0.29, 0.717) is 13.1 Å². The van der Waals surface area contributed by atoms with Crippen LogP contribution in [-0.4, -0.2) is 76.0 Å². The summed E-state index contributed by atoms with van der Waals surface area (Å²) in [5.74, 6) is 0.875. The Kier molecular flexibility index (Phi) is 6.53. The van der Waals surface area contributed by atoms with Crippen LogP contribution in [0.5, 0.6) is 5.75 Å². The summed E-state index contributed by atoms with van der Waals surface area (Å²) in [5.41, 5.74) is 1.98. The quantitative estimate of drug-likeness (QED) is 0.661. The number of carbonyl (C=O) groups is 1. The second-order valence-electron chi connectivity index (χ2n) is 8.16. The molecule has 1 unspecified atom stereocenters. The summed E-state index contributed by atoms with van der Waals surface area (Å²) in [6.07, 6.45) is 2.26. The minimum Gasteiger partial charge on any atom is -0.490 e. The number of carbonyl (C=O) groups excluding carboxylic acids is 1. The Balaban J connectivity index is 1.42. The number of nitrogens with zero attached hydrogens (tertiary/aromatic N) is 4. The number of aliphatic hydroxyl groups excluding tert-OH is 1. The van der Waals surface area contributed by atoms with E-state index in [9.17, 15) is 9.90 Å². The van der Waals surface area contributed by atoms with Crippen molar-refractivity contribution in [3.05, 3.63) is 48.7 Å². The predicted molar refractivity (Wildman–Crippen MR) is 121 cm³/mol. The summed E-state index contributed by atoms with van der Waals surface area (Å²) in [7, 11) is 1.91. The molecular weight excluding hydrogens is 392 g/mol. The molecule has 0 aliphatic carbocycles. The number of hydrogen-bond donors (Lipinski definition) is 1. The summed E-state index contributed by atoms with van der Waals surface area (Å²) in [5, 5.41) is 17.2. The summed E-state index contributed by atoms with van der Waals surface area (Å²) >= 11 is 0. The SMILES string of the molecule is CC(=O)N1CCCN(CC(O)COc2ccc(-c3ccn(C)n3)c3ccccc23)CC1. The highest BCUT2D eigenvalue weighted by atomic mass is 16.5. The van der Waals surface area contributed by atoms with Crippen LogP contribution >= 0.6 is 0 Å². The first-order chi connectivity index (χ1) is 15.0. The Morgan fingerprint density at radius 3 is 2.65 bits per heavy atom. The van der Waals surface area contributed by atoms with E-state index in [1.807, 2.05) is 54.5 Å². The number of fused-ring (bicyclic) bond motifs is 1. The lowest BCUT2D eigenvalue weighted by Gasteiger charge is -2.24. The van der Waals surface area contributed by atoms with E-state index in [0.717, 1.165) is 53.8 Å². The fourth-order valence-corrected chi connectivity index (χ4v) is 4.18. The average molecular weight is 423 g/mol. The van der Waals surface area contributed by atoms with E-state index in [4.69, 9.17) is 4.74 Å². The van der Waals surface area contributed by atoms with Crippen LogP contribution in [0.1, 0.15) is 13.3 Å². The molecular formula is C24H30N4O3. The van der Waals surface area contributed by atoms with Crippen molar-refractivity contribution in [3.63, 3.8) is 0 Å². The molecule has 1 aliphatic heterocycles. The van der Waals surface area contributed by atoms with E-state index >= 15 is 0 Å². The maximum absolute atomic E-state index is 11.6. The Labute approximate surface area is 182 Å². The fraction of sp³-hybridized carbons (Fsp3) is 0.417. The third-order valence-electron chi connectivity index (χ3n) is 5.81. The van der Waals surface area contributed by atoms with Gasteiger partial charge in [0.25, 0.3) is 0 Å². The number of β-amino-alcohol motifs (C(OH)–C–C–N with tert-alkyl or cyclic N) is 1. The average Bonchev–Trinajstić information content (AvgIpc) is 3.05. The number of amides is 1. The molecule has 3 aromatic rings. The second-order valence-corrected chi connectivity index (χ2v) is 8.16. The highest BCUT2D eigenvalue weighted by Crippen LogP contribution is 2.33. The lowest BCUT2D eigenvalue weighted by Crippen LogP contribution is -2.38. The molecule has 1 aromatic heterocycles. The zero-order valence-corrected chi connectivity index (χ0v) is 18.2. The van der Waals surface area contributed by atoms with Gasteiger partial charge in [0.1, 0.15) is 18.5 Å². The van der Waals surface area contributed by atoms with Gasteiger partial charge in [-0.05, 0) is 36.6 Å². The molecule has 2 heterocycles. The topological polar surface area (TPSA) is 70.8 Å². The molecule has 7 heteroatoms. The van der Waals surface area contributed by atoms with Crippen LogP contribution in [0.15, 0.2) is 48.7 Å². The number of aryl methyl sites for hydroxylation is 1. The van der Waals surface area contributed by atoms with Crippen LogP contribution in [0.2, 0.25) is 0 Å². The fourth-order valence-electron chi connectivity index (χ4n) is 4.18. The maximum Gasteiger partial charge on any atom is 0.219 e. The van der Waals surface area contributed by atoms with Crippen molar-refractivity contribution in [1.82, 2.24) is 19.6 Å². The molecule has 1 N–H and O–H groups in total. The molecule has 1 amide bonds. The number of benzene rings is 2. The van der Waals surface area contributed by atoms with Gasteiger partial charge in [0.05, 0.1) is 5.69 Å². The minimum absolute atomic E-state index is 0.117. The molecule has 164 valence electrons. The van der Waals surface area contributed by atoms with Gasteiger partial charge in [-0.2, -0.15) is 5.10 Å². The van der Waals surface area contributed by atoms with Crippen LogP contribution < -0.4 is 4.74 Å². The van der Waals surface area contributed by atoms with E-state index < -0.39 is 6.10 Å². The largest absolute Gasteiger partial charge is 0.490 e. The molecule has 0 saturated carbocycles. The molecule has 1 atom stereocenters. The van der Waals surface area contributed by atoms with Gasteiger partial charge in [-0.3, -0.25) is 14.4 Å². The van der Waals surface area contributed by atoms with Crippen LogP contribution in [0, 0.1) is 0 Å². The van der Waals surface area contributed by atoms with Gasteiger partial charge in [0, 0.05) is 57.3 Å². The Morgan fingerprint density at radius 2 is 1.90 bits per heavy atom. The molecule has 4 rings (SSSR count). The maximum atomic E-state index is 11.6. The van der Waals surface area contributed by atoms with Crippen LogP contribution in [0.25, 0.3) is 22.0 Å². The van der Waals surface area contributed by atoms with Gasteiger partial charge in [-0.15, -0.1) is 0 Å². The van der Waals surface area contributed by atoms with E-state index in [2.05, 4.69) is 16.1 Å². The van der Waals surface area contributed by atoms with Gasteiger partial charge in [0.2, 0.25) is 5.91 Å². The lowest BCUT2D eigenvalue weighted by molar-refractivity contribution is -0.128. The minimum atomic E-state index is -0.599. The van der Waals surface area contributed by atoms with Gasteiger partial charge in [0.15, 0.2) is 0 Å². The number of aliphatic hydroxyl groups is 1. The molecule has 0 bridgehead atoms. The van der Waals surface area contributed by atoms with Crippen molar-refractivity contribution >= 4 is 16.7 Å². The summed E-state index contributed by atoms with van der Waals surface area (Å²) in [6, 6.07) is 14.1. The molecule has 2 aromatic carbocycles. The summed E-state index contributed by atoms with van der Waals surface area (Å²) in [4.78, 5) is 15.7. The third kappa shape index (κ3) is 5.06. The van der Waals surface area contributed by atoms with Gasteiger partial charge >= 0.3 is 0 Å². The van der Waals surface area contributed by atoms with Crippen LogP contribution in [0.4, 0.5) is 0 Å². The monoisotopic (exact) mass is 422 g/mol. The van der Waals surface area contributed by atoms with Crippen molar-refractivity contribution in [3.8, 4) is 17.0 Å². The van der Waals surface area contributed by atoms with Crippen molar-refractivity contribution < 1.29 is 14.6 Å². The third-order valence-corrected chi connectivity index (χ3v) is 5.81. The van der Waals surface area contributed by atoms with E-state index in [1.54, 1.807) is 11.6 Å². The zero-order valence-electron chi connectivity index (χ0n) is 18.2. The van der Waals surface area contributed by atoms with Crippen molar-refractivity contribution in [1.29, 1.82) is 0 Å². The van der Waals surface area contributed by atoms with Crippen molar-refractivity contribution in [2.75, 3.05) is 39.3 Å². The van der Waals surface area contributed by atoms with Crippen LogP contribution in [-0.2, 0) is 11.8 Å².